The van der Waals surface area contributed by atoms with Crippen molar-refractivity contribution < 1.29 is 32.2 Å². The number of fused-ring (bicyclic) bond motifs is 2. The van der Waals surface area contributed by atoms with Gasteiger partial charge in [0.25, 0.3) is 5.91 Å². The fourth-order valence-electron chi connectivity index (χ4n) is 4.89. The third-order valence-corrected chi connectivity index (χ3v) is 9.15. The average Bonchev–Trinajstić information content (AvgIpc) is 3.27. The number of hydrogen-bond acceptors (Lipinski definition) is 5. The van der Waals surface area contributed by atoms with Crippen molar-refractivity contribution in [3.8, 4) is 0 Å². The summed E-state index contributed by atoms with van der Waals surface area (Å²) in [4.78, 5) is 12.3. The molecule has 0 heterocycles. The van der Waals surface area contributed by atoms with Crippen LogP contribution in [0.25, 0.3) is 0 Å². The van der Waals surface area contributed by atoms with Crippen LogP contribution in [0.1, 0.15) is 29.6 Å². The molecule has 2 aliphatic rings. The Morgan fingerprint density at radius 1 is 1.16 bits per heavy atom. The van der Waals surface area contributed by atoms with Gasteiger partial charge in [-0.05, 0) is 55.5 Å². The largest absolute Gasteiger partial charge is 0.393 e. The molecule has 31 heavy (non-hydrogen) atoms. The zero-order chi connectivity index (χ0) is 22.6. The molecular formula is C21H20ClF2NO5S. The molecule has 4 rings (SSSR count). The maximum atomic E-state index is 13.4. The van der Waals surface area contributed by atoms with Crippen molar-refractivity contribution in [2.24, 2.45) is 11.8 Å². The van der Waals surface area contributed by atoms with Crippen LogP contribution in [0.2, 0.25) is 5.02 Å². The standard InChI is InChI=1S/C21H20ClF2NO5S/c22-15-5-2-11(20(27)25-13-3-6-16(23)17(24)8-13)7-18(15)31(29,30)19-12-1-4-14(19)21(28,9-12)10-26/h2-3,5-8,12,14,19,26,28H,1,4,9-10H2,(H,25,27)/t12-,14?,19+,21-/m0/s1. The minimum atomic E-state index is -4.02. The molecule has 4 atom stereocenters. The van der Waals surface area contributed by atoms with E-state index in [2.05, 4.69) is 5.32 Å². The number of aliphatic hydroxyl groups excluding tert-OH is 1. The van der Waals surface area contributed by atoms with Gasteiger partial charge in [-0.3, -0.25) is 4.79 Å². The van der Waals surface area contributed by atoms with Gasteiger partial charge in [-0.25, -0.2) is 17.2 Å². The molecule has 2 saturated carbocycles. The minimum Gasteiger partial charge on any atom is -0.393 e. The molecular weight excluding hydrogens is 452 g/mol. The van der Waals surface area contributed by atoms with Gasteiger partial charge in [0.05, 0.1) is 27.4 Å². The Balaban J connectivity index is 1.65. The fourth-order valence-corrected chi connectivity index (χ4v) is 7.81. The van der Waals surface area contributed by atoms with E-state index in [1.807, 2.05) is 0 Å². The predicted molar refractivity (Wildman–Crippen MR) is 110 cm³/mol. The highest BCUT2D eigenvalue weighted by molar-refractivity contribution is 7.92. The van der Waals surface area contributed by atoms with Crippen molar-refractivity contribution in [2.45, 2.75) is 35.0 Å². The highest BCUT2D eigenvalue weighted by atomic mass is 35.5. The lowest BCUT2D eigenvalue weighted by Gasteiger charge is -2.30. The Morgan fingerprint density at radius 2 is 1.90 bits per heavy atom. The summed E-state index contributed by atoms with van der Waals surface area (Å²) in [7, 11) is -4.02. The van der Waals surface area contributed by atoms with Crippen molar-refractivity contribution in [1.29, 1.82) is 0 Å². The van der Waals surface area contributed by atoms with Gasteiger partial charge >= 0.3 is 0 Å². The first-order valence-electron chi connectivity index (χ1n) is 9.70. The van der Waals surface area contributed by atoms with Gasteiger partial charge in [-0.1, -0.05) is 11.6 Å². The summed E-state index contributed by atoms with van der Waals surface area (Å²) in [5.74, 6) is -3.86. The second-order valence-corrected chi connectivity index (χ2v) is 10.6. The van der Waals surface area contributed by atoms with Crippen LogP contribution in [0.5, 0.6) is 0 Å². The fraction of sp³-hybridized carbons (Fsp3) is 0.381. The molecule has 2 aromatic rings. The molecule has 2 fully saturated rings. The van der Waals surface area contributed by atoms with E-state index in [0.717, 1.165) is 18.2 Å². The Labute approximate surface area is 182 Å². The Bertz CT molecular complexity index is 1160. The number of aliphatic hydroxyl groups is 2. The van der Waals surface area contributed by atoms with Crippen LogP contribution in [0.3, 0.4) is 0 Å². The van der Waals surface area contributed by atoms with Crippen molar-refractivity contribution in [3.63, 3.8) is 0 Å². The number of hydrogen-bond donors (Lipinski definition) is 3. The van der Waals surface area contributed by atoms with Crippen LogP contribution in [0.15, 0.2) is 41.3 Å². The van der Waals surface area contributed by atoms with Gasteiger partial charge in [-0.15, -0.1) is 0 Å². The molecule has 0 spiro atoms. The van der Waals surface area contributed by atoms with Crippen LogP contribution in [-0.2, 0) is 9.84 Å². The third kappa shape index (κ3) is 3.73. The molecule has 10 heteroatoms. The number of carbonyl (C=O) groups excluding carboxylic acids is 1. The number of anilines is 1. The predicted octanol–water partition coefficient (Wildman–Crippen LogP) is 3.17. The molecule has 1 unspecified atom stereocenters. The maximum absolute atomic E-state index is 13.4. The maximum Gasteiger partial charge on any atom is 0.255 e. The average molecular weight is 472 g/mol. The number of sulfone groups is 1. The van der Waals surface area contributed by atoms with E-state index >= 15 is 0 Å². The zero-order valence-corrected chi connectivity index (χ0v) is 17.8. The van der Waals surface area contributed by atoms with Crippen molar-refractivity contribution in [1.82, 2.24) is 0 Å². The summed E-state index contributed by atoms with van der Waals surface area (Å²) in [5, 5.41) is 21.6. The SMILES string of the molecule is O=C(Nc1ccc(F)c(F)c1)c1ccc(Cl)c(S(=O)(=O)[C@H]2C3CC[C@H]2C[C@]3(O)CO)c1. The summed E-state index contributed by atoms with van der Waals surface area (Å²) in [5.41, 5.74) is -1.48. The Morgan fingerprint density at radius 3 is 2.55 bits per heavy atom. The van der Waals surface area contributed by atoms with Gasteiger partial charge in [0, 0.05) is 23.2 Å². The first kappa shape index (κ1) is 22.1. The third-order valence-electron chi connectivity index (χ3n) is 6.33. The molecule has 3 N–H and O–H groups in total. The summed E-state index contributed by atoms with van der Waals surface area (Å²) < 4.78 is 53.3. The Kier molecular flexibility index (Phi) is 5.58. The summed E-state index contributed by atoms with van der Waals surface area (Å²) in [6.07, 6.45) is 1.27. The van der Waals surface area contributed by atoms with Crippen molar-refractivity contribution >= 4 is 33.0 Å². The van der Waals surface area contributed by atoms with Crippen LogP contribution < -0.4 is 5.32 Å². The molecule has 0 aromatic heterocycles. The molecule has 1 amide bonds. The van der Waals surface area contributed by atoms with E-state index in [-0.39, 0.29) is 33.5 Å². The lowest BCUT2D eigenvalue weighted by atomic mass is 9.85. The van der Waals surface area contributed by atoms with Crippen LogP contribution in [0, 0.1) is 23.5 Å². The van der Waals surface area contributed by atoms with E-state index in [9.17, 15) is 32.2 Å². The molecule has 0 aliphatic heterocycles. The molecule has 0 radical (unpaired) electrons. The van der Waals surface area contributed by atoms with E-state index in [4.69, 9.17) is 11.6 Å². The Hall–Kier alpha value is -2.07. The van der Waals surface area contributed by atoms with Gasteiger partial charge in [-0.2, -0.15) is 0 Å². The second-order valence-electron chi connectivity index (χ2n) is 8.15. The molecule has 2 aliphatic carbocycles. The highest BCUT2D eigenvalue weighted by Crippen LogP contribution is 2.55. The minimum absolute atomic E-state index is 0.00473. The van der Waals surface area contributed by atoms with Gasteiger partial charge in [0.2, 0.25) is 0 Å². The summed E-state index contributed by atoms with van der Waals surface area (Å²) >= 11 is 6.17. The summed E-state index contributed by atoms with van der Waals surface area (Å²) in [6, 6.07) is 6.60. The van der Waals surface area contributed by atoms with Crippen molar-refractivity contribution in [3.05, 3.63) is 58.6 Å². The number of halogens is 3. The molecule has 166 valence electrons. The van der Waals surface area contributed by atoms with E-state index < -0.39 is 50.8 Å². The number of amides is 1. The molecule has 0 saturated heterocycles. The molecule has 2 bridgehead atoms. The van der Waals surface area contributed by atoms with Crippen LogP contribution in [-0.4, -0.2) is 42.0 Å². The first-order chi connectivity index (χ1) is 14.6. The van der Waals surface area contributed by atoms with E-state index in [1.54, 1.807) is 0 Å². The van der Waals surface area contributed by atoms with Crippen LogP contribution in [0.4, 0.5) is 14.5 Å². The van der Waals surface area contributed by atoms with Gasteiger partial charge < -0.3 is 15.5 Å². The van der Waals surface area contributed by atoms with Gasteiger partial charge in [0.1, 0.15) is 0 Å². The first-order valence-corrected chi connectivity index (χ1v) is 11.6. The van der Waals surface area contributed by atoms with E-state index in [1.165, 1.54) is 18.2 Å². The lowest BCUT2D eigenvalue weighted by molar-refractivity contribution is -0.0562. The van der Waals surface area contributed by atoms with Crippen LogP contribution >= 0.6 is 11.6 Å². The van der Waals surface area contributed by atoms with E-state index in [0.29, 0.717) is 12.8 Å². The number of carbonyl (C=O) groups is 1. The monoisotopic (exact) mass is 471 g/mol. The number of nitrogens with one attached hydrogen (secondary N) is 1. The molecule has 6 nitrogen and oxygen atoms in total. The van der Waals surface area contributed by atoms with Gasteiger partial charge in [0.15, 0.2) is 21.5 Å². The number of benzene rings is 2. The second kappa shape index (κ2) is 7.81. The quantitative estimate of drug-likeness (QED) is 0.621. The van der Waals surface area contributed by atoms with Crippen molar-refractivity contribution in [2.75, 3.05) is 11.9 Å². The number of rotatable bonds is 5. The molecule has 2 aromatic carbocycles. The zero-order valence-electron chi connectivity index (χ0n) is 16.2. The smallest absolute Gasteiger partial charge is 0.255 e. The highest BCUT2D eigenvalue weighted by Gasteiger charge is 2.61. The summed E-state index contributed by atoms with van der Waals surface area (Å²) in [6.45, 7) is -0.523. The topological polar surface area (TPSA) is 104 Å². The lowest BCUT2D eigenvalue weighted by Crippen LogP contribution is -2.41. The normalized spacial score (nSPS) is 27.5.